The second-order valence-electron chi connectivity index (χ2n) is 6.15. The van der Waals surface area contributed by atoms with Gasteiger partial charge in [-0.15, -0.1) is 0 Å². The summed E-state index contributed by atoms with van der Waals surface area (Å²) < 4.78 is 0. The third-order valence-corrected chi connectivity index (χ3v) is 2.79. The van der Waals surface area contributed by atoms with Crippen LogP contribution in [0.25, 0.3) is 0 Å². The smallest absolute Gasteiger partial charge is 0.248 e. The van der Waals surface area contributed by atoms with Crippen LogP contribution in [0.4, 0.5) is 0 Å². The Bertz CT molecular complexity index is 359. The molecular formula is C16H35N3O5. The molecule has 0 aromatic carbocycles. The van der Waals surface area contributed by atoms with Crippen molar-refractivity contribution in [3.8, 4) is 0 Å². The van der Waals surface area contributed by atoms with Crippen molar-refractivity contribution in [2.45, 2.75) is 48.5 Å². The maximum Gasteiger partial charge on any atom is 0.248 e. The Kier molecular flexibility index (Phi) is 16.9. The summed E-state index contributed by atoms with van der Waals surface area (Å²) in [6.07, 6.45) is 0. The fourth-order valence-corrected chi connectivity index (χ4v) is 1.10. The number of hydrogen-bond acceptors (Lipinski definition) is 5. The van der Waals surface area contributed by atoms with Gasteiger partial charge in [0, 0.05) is 38.4 Å². The van der Waals surface area contributed by atoms with E-state index in [2.05, 4.69) is 0 Å². The predicted octanol–water partition coefficient (Wildman–Crippen LogP) is 1.76. The van der Waals surface area contributed by atoms with Gasteiger partial charge in [0.1, 0.15) is 0 Å². The van der Waals surface area contributed by atoms with Crippen LogP contribution >= 0.6 is 0 Å². The first kappa shape index (κ1) is 27.2. The summed E-state index contributed by atoms with van der Waals surface area (Å²) in [6.45, 7) is 13.5. The zero-order chi connectivity index (χ0) is 20.0. The first-order chi connectivity index (χ1) is 10.8. The SMILES string of the molecule is CC(C)C(=O)N(C)O.CC(C)C(=O)NO.CCN(C)C(=O)C(C)C. The topological polar surface area (TPSA) is 110 Å². The summed E-state index contributed by atoms with van der Waals surface area (Å²) >= 11 is 0. The molecule has 0 radical (unpaired) electrons. The van der Waals surface area contributed by atoms with E-state index < -0.39 is 0 Å². The third-order valence-electron chi connectivity index (χ3n) is 2.79. The maximum absolute atomic E-state index is 11.0. The molecule has 8 nitrogen and oxygen atoms in total. The van der Waals surface area contributed by atoms with Crippen LogP contribution in [-0.2, 0) is 14.4 Å². The van der Waals surface area contributed by atoms with Crippen molar-refractivity contribution in [3.05, 3.63) is 0 Å². The zero-order valence-corrected chi connectivity index (χ0v) is 16.5. The van der Waals surface area contributed by atoms with Gasteiger partial charge in [-0.25, -0.2) is 10.5 Å². The lowest BCUT2D eigenvalue weighted by molar-refractivity contribution is -0.162. The number of hydroxylamine groups is 3. The highest BCUT2D eigenvalue weighted by Crippen LogP contribution is 1.97. The molecule has 0 aromatic heterocycles. The lowest BCUT2D eigenvalue weighted by atomic mass is 10.2. The Labute approximate surface area is 145 Å². The van der Waals surface area contributed by atoms with Crippen LogP contribution in [0.15, 0.2) is 0 Å². The molecule has 0 rings (SSSR count). The van der Waals surface area contributed by atoms with E-state index in [0.717, 1.165) is 6.54 Å². The van der Waals surface area contributed by atoms with Crippen LogP contribution in [0.3, 0.4) is 0 Å². The van der Waals surface area contributed by atoms with Crippen molar-refractivity contribution in [2.24, 2.45) is 17.8 Å². The van der Waals surface area contributed by atoms with Crippen molar-refractivity contribution in [1.82, 2.24) is 15.4 Å². The van der Waals surface area contributed by atoms with Gasteiger partial charge in [-0.1, -0.05) is 41.5 Å². The Morgan fingerprint density at radius 2 is 1.25 bits per heavy atom. The molecule has 3 N–H and O–H groups in total. The standard InChI is InChI=1S/C7H15NO.C5H11NO2.C4H9NO2/c1-5-8(4)7(9)6(2)3;1-4(2)5(7)6(3)8;1-3(2)4(6)5-7/h6H,5H2,1-4H3;4,8H,1-3H3;3,7H,1-2H3,(H,5,6). The molecule has 0 aromatic rings. The van der Waals surface area contributed by atoms with E-state index in [9.17, 15) is 14.4 Å². The molecule has 0 bridgehead atoms. The van der Waals surface area contributed by atoms with Crippen LogP contribution in [0.1, 0.15) is 48.5 Å². The molecule has 0 atom stereocenters. The molecule has 0 heterocycles. The molecule has 0 unspecified atom stereocenters. The van der Waals surface area contributed by atoms with Gasteiger partial charge in [-0.05, 0) is 6.92 Å². The van der Waals surface area contributed by atoms with Gasteiger partial charge in [0.25, 0.3) is 0 Å². The fourth-order valence-electron chi connectivity index (χ4n) is 1.10. The number of hydrogen-bond donors (Lipinski definition) is 3. The second-order valence-corrected chi connectivity index (χ2v) is 6.15. The highest BCUT2D eigenvalue weighted by molar-refractivity contribution is 5.77. The maximum atomic E-state index is 11.0. The number of amides is 3. The van der Waals surface area contributed by atoms with Crippen LogP contribution in [0.5, 0.6) is 0 Å². The summed E-state index contributed by atoms with van der Waals surface area (Å²) in [5, 5.41) is 17.0. The van der Waals surface area contributed by atoms with Crippen molar-refractivity contribution < 1.29 is 24.8 Å². The third kappa shape index (κ3) is 15.2. The van der Waals surface area contributed by atoms with Gasteiger partial charge in [0.05, 0.1) is 0 Å². The Hall–Kier alpha value is -1.67. The Balaban J connectivity index is -0.000000278. The Morgan fingerprint density at radius 1 is 0.875 bits per heavy atom. The quantitative estimate of drug-likeness (QED) is 0.529. The molecule has 0 spiro atoms. The summed E-state index contributed by atoms with van der Waals surface area (Å²) in [5.41, 5.74) is 1.53. The number of nitrogens with zero attached hydrogens (tertiary/aromatic N) is 2. The molecular weight excluding hydrogens is 314 g/mol. The van der Waals surface area contributed by atoms with Gasteiger partial charge < -0.3 is 4.90 Å². The van der Waals surface area contributed by atoms with E-state index in [0.29, 0.717) is 5.06 Å². The van der Waals surface area contributed by atoms with Gasteiger partial charge >= 0.3 is 0 Å². The molecule has 0 aliphatic heterocycles. The van der Waals surface area contributed by atoms with Crippen molar-refractivity contribution in [2.75, 3.05) is 20.6 Å². The summed E-state index contributed by atoms with van der Waals surface area (Å²) in [5.74, 6) is -0.507. The highest BCUT2D eigenvalue weighted by atomic mass is 16.5. The number of carbonyl (C=O) groups is 3. The zero-order valence-electron chi connectivity index (χ0n) is 16.5. The van der Waals surface area contributed by atoms with E-state index in [4.69, 9.17) is 10.4 Å². The first-order valence-corrected chi connectivity index (χ1v) is 7.98. The molecule has 0 saturated carbocycles. The Morgan fingerprint density at radius 3 is 1.29 bits per heavy atom. The van der Waals surface area contributed by atoms with Crippen LogP contribution in [0, 0.1) is 17.8 Å². The second kappa shape index (κ2) is 14.9. The predicted molar refractivity (Wildman–Crippen MR) is 92.3 cm³/mol. The van der Waals surface area contributed by atoms with E-state index in [1.807, 2.05) is 27.8 Å². The van der Waals surface area contributed by atoms with Crippen LogP contribution in [0.2, 0.25) is 0 Å². The fraction of sp³-hybridized carbons (Fsp3) is 0.812. The van der Waals surface area contributed by atoms with Gasteiger partial charge in [0.2, 0.25) is 17.7 Å². The van der Waals surface area contributed by atoms with Crippen LogP contribution < -0.4 is 5.48 Å². The number of carbonyl (C=O) groups excluding carboxylic acids is 3. The summed E-state index contributed by atoms with van der Waals surface area (Å²) in [4.78, 5) is 33.4. The van der Waals surface area contributed by atoms with Crippen molar-refractivity contribution >= 4 is 17.7 Å². The molecule has 0 fully saturated rings. The molecule has 8 heteroatoms. The van der Waals surface area contributed by atoms with Crippen molar-refractivity contribution in [1.29, 1.82) is 0 Å². The monoisotopic (exact) mass is 349 g/mol. The molecule has 24 heavy (non-hydrogen) atoms. The largest absolute Gasteiger partial charge is 0.346 e. The van der Waals surface area contributed by atoms with E-state index in [1.54, 1.807) is 32.6 Å². The lowest BCUT2D eigenvalue weighted by Crippen LogP contribution is -2.29. The summed E-state index contributed by atoms with van der Waals surface area (Å²) in [7, 11) is 3.14. The minimum atomic E-state index is -0.347. The van der Waals surface area contributed by atoms with E-state index in [1.165, 1.54) is 12.5 Å². The van der Waals surface area contributed by atoms with Crippen LogP contribution in [-0.4, -0.2) is 58.7 Å². The molecule has 3 amide bonds. The number of nitrogens with one attached hydrogen (secondary N) is 1. The highest BCUT2D eigenvalue weighted by Gasteiger charge is 2.10. The van der Waals surface area contributed by atoms with Gasteiger partial charge in [-0.3, -0.25) is 24.8 Å². The van der Waals surface area contributed by atoms with Gasteiger partial charge in [-0.2, -0.15) is 0 Å². The number of rotatable bonds is 4. The van der Waals surface area contributed by atoms with Crippen molar-refractivity contribution in [3.63, 3.8) is 0 Å². The van der Waals surface area contributed by atoms with Gasteiger partial charge in [0.15, 0.2) is 0 Å². The normalized spacial score (nSPS) is 9.58. The minimum Gasteiger partial charge on any atom is -0.346 e. The average Bonchev–Trinajstić information content (AvgIpc) is 2.52. The molecule has 144 valence electrons. The minimum absolute atomic E-state index is 0.120. The average molecular weight is 349 g/mol. The molecule has 0 saturated heterocycles. The first-order valence-electron chi connectivity index (χ1n) is 7.98. The molecule has 0 aliphatic carbocycles. The van der Waals surface area contributed by atoms with E-state index in [-0.39, 0.29) is 35.5 Å². The molecule has 0 aliphatic rings. The lowest BCUT2D eigenvalue weighted by Gasteiger charge is -2.16. The summed E-state index contributed by atoms with van der Waals surface area (Å²) in [6, 6.07) is 0. The van der Waals surface area contributed by atoms with E-state index >= 15 is 0 Å².